The van der Waals surface area contributed by atoms with Gasteiger partial charge in [0, 0.05) is 17.5 Å². The Kier molecular flexibility index (Phi) is 5.13. The van der Waals surface area contributed by atoms with Crippen LogP contribution in [0.25, 0.3) is 10.8 Å². The SMILES string of the molecule is O=C(O)c1ccccc1N=CC12c3ccccc3C(c3ccccc31)[C@@H]1C(=O)N(c3cccc4ccccc34)C(=O)[C@@H]12. The maximum Gasteiger partial charge on any atom is 0.337 e. The number of benzene rings is 5. The summed E-state index contributed by atoms with van der Waals surface area (Å²) in [4.78, 5) is 47.5. The number of hydrogen-bond donors (Lipinski definition) is 1. The summed E-state index contributed by atoms with van der Waals surface area (Å²) in [6.07, 6.45) is 1.73. The van der Waals surface area contributed by atoms with E-state index in [1.165, 1.54) is 11.0 Å². The molecule has 6 nitrogen and oxygen atoms in total. The van der Waals surface area contributed by atoms with Crippen molar-refractivity contribution in [2.45, 2.75) is 11.3 Å². The van der Waals surface area contributed by atoms with E-state index in [-0.39, 0.29) is 23.3 Å². The molecule has 1 saturated heterocycles. The molecule has 9 rings (SSSR count). The smallest absolute Gasteiger partial charge is 0.337 e. The molecule has 2 bridgehead atoms. The molecule has 1 fully saturated rings. The Morgan fingerprint density at radius 2 is 1.36 bits per heavy atom. The van der Waals surface area contributed by atoms with Gasteiger partial charge in [-0.1, -0.05) is 97.1 Å². The van der Waals surface area contributed by atoms with Crippen LogP contribution in [0, 0.1) is 11.8 Å². The molecule has 1 aliphatic heterocycles. The van der Waals surface area contributed by atoms with Crippen molar-refractivity contribution in [3.05, 3.63) is 143 Å². The van der Waals surface area contributed by atoms with Crippen molar-refractivity contribution >= 4 is 46.1 Å². The van der Waals surface area contributed by atoms with Gasteiger partial charge < -0.3 is 5.11 Å². The van der Waals surface area contributed by atoms with E-state index in [2.05, 4.69) is 0 Å². The van der Waals surface area contributed by atoms with Gasteiger partial charge in [0.2, 0.25) is 11.8 Å². The number of anilines is 1. The molecule has 2 amide bonds. The van der Waals surface area contributed by atoms with Gasteiger partial charge in [0.05, 0.1) is 34.2 Å². The van der Waals surface area contributed by atoms with Gasteiger partial charge in [0.25, 0.3) is 0 Å². The third kappa shape index (κ3) is 3.09. The third-order valence-electron chi connectivity index (χ3n) is 9.23. The predicted octanol–water partition coefficient (Wildman–Crippen LogP) is 6.49. The quantitative estimate of drug-likeness (QED) is 0.205. The summed E-state index contributed by atoms with van der Waals surface area (Å²) in [6, 6.07) is 35.9. The molecule has 4 aliphatic rings. The molecule has 0 unspecified atom stereocenters. The molecule has 202 valence electrons. The van der Waals surface area contributed by atoms with Crippen LogP contribution in [0.5, 0.6) is 0 Å². The number of amides is 2. The Morgan fingerprint density at radius 3 is 2.10 bits per heavy atom. The Balaban J connectivity index is 1.41. The van der Waals surface area contributed by atoms with Gasteiger partial charge in [0.15, 0.2) is 0 Å². The largest absolute Gasteiger partial charge is 0.478 e. The van der Waals surface area contributed by atoms with Crippen LogP contribution < -0.4 is 4.90 Å². The van der Waals surface area contributed by atoms with Crippen molar-refractivity contribution in [1.82, 2.24) is 0 Å². The summed E-state index contributed by atoms with van der Waals surface area (Å²) < 4.78 is 0. The van der Waals surface area contributed by atoms with Gasteiger partial charge >= 0.3 is 5.97 Å². The van der Waals surface area contributed by atoms with Gasteiger partial charge in [-0.3, -0.25) is 14.6 Å². The fraction of sp³-hybridized carbons (Fsp3) is 0.111. The lowest BCUT2D eigenvalue weighted by atomic mass is 9.47. The Bertz CT molecular complexity index is 1960. The minimum absolute atomic E-state index is 0.0685. The molecule has 0 aromatic heterocycles. The van der Waals surface area contributed by atoms with Gasteiger partial charge in [0.1, 0.15) is 0 Å². The van der Waals surface area contributed by atoms with Crippen molar-refractivity contribution in [1.29, 1.82) is 0 Å². The van der Waals surface area contributed by atoms with Crippen molar-refractivity contribution in [2.75, 3.05) is 4.90 Å². The first-order valence-corrected chi connectivity index (χ1v) is 13.9. The highest BCUT2D eigenvalue weighted by atomic mass is 16.4. The lowest BCUT2D eigenvalue weighted by Crippen LogP contribution is -2.54. The number of aliphatic imine (C=N–C) groups is 1. The lowest BCUT2D eigenvalue weighted by Gasteiger charge is -2.52. The average molecular weight is 549 g/mol. The van der Waals surface area contributed by atoms with E-state index >= 15 is 0 Å². The number of nitrogens with zero attached hydrogens (tertiary/aromatic N) is 2. The van der Waals surface area contributed by atoms with Crippen LogP contribution in [-0.4, -0.2) is 29.1 Å². The number of rotatable bonds is 4. The molecule has 0 saturated carbocycles. The number of para-hydroxylation sites is 1. The van der Waals surface area contributed by atoms with Crippen LogP contribution in [0.3, 0.4) is 0 Å². The second-order valence-electron chi connectivity index (χ2n) is 11.1. The number of carboxylic acids is 1. The second kappa shape index (κ2) is 8.82. The van der Waals surface area contributed by atoms with E-state index in [4.69, 9.17) is 4.99 Å². The molecule has 2 atom stereocenters. The van der Waals surface area contributed by atoms with Crippen LogP contribution in [0.15, 0.2) is 120 Å². The summed E-state index contributed by atoms with van der Waals surface area (Å²) in [7, 11) is 0. The molecule has 5 aromatic carbocycles. The Morgan fingerprint density at radius 1 is 0.738 bits per heavy atom. The average Bonchev–Trinajstić information content (AvgIpc) is 3.30. The monoisotopic (exact) mass is 548 g/mol. The lowest BCUT2D eigenvalue weighted by molar-refractivity contribution is -0.122. The summed E-state index contributed by atoms with van der Waals surface area (Å²) in [5.74, 6) is -3.25. The molecule has 6 heteroatoms. The molecule has 0 radical (unpaired) electrons. The Labute approximate surface area is 241 Å². The zero-order valence-corrected chi connectivity index (χ0v) is 22.3. The fourth-order valence-electron chi connectivity index (χ4n) is 7.63. The molecule has 1 heterocycles. The zero-order valence-electron chi connectivity index (χ0n) is 22.3. The van der Waals surface area contributed by atoms with Gasteiger partial charge in [-0.05, 0) is 45.8 Å². The molecule has 5 aromatic rings. The van der Waals surface area contributed by atoms with E-state index in [1.807, 2.05) is 91.0 Å². The van der Waals surface area contributed by atoms with Crippen LogP contribution in [0.4, 0.5) is 11.4 Å². The Hall–Kier alpha value is -5.36. The highest BCUT2D eigenvalue weighted by Crippen LogP contribution is 2.64. The van der Waals surface area contributed by atoms with Crippen LogP contribution >= 0.6 is 0 Å². The number of carboxylic acid groups (broad SMARTS) is 1. The number of carbonyl (C=O) groups is 3. The number of fused-ring (bicyclic) bond motifs is 1. The first-order valence-electron chi connectivity index (χ1n) is 13.9. The van der Waals surface area contributed by atoms with E-state index in [0.29, 0.717) is 11.4 Å². The topological polar surface area (TPSA) is 87.0 Å². The fourth-order valence-corrected chi connectivity index (χ4v) is 7.63. The molecule has 3 aliphatic carbocycles. The zero-order chi connectivity index (χ0) is 28.6. The van der Waals surface area contributed by atoms with Crippen LogP contribution in [0.2, 0.25) is 0 Å². The highest BCUT2D eigenvalue weighted by molar-refractivity contribution is 6.27. The first-order chi connectivity index (χ1) is 20.5. The van der Waals surface area contributed by atoms with Gasteiger partial charge in [-0.2, -0.15) is 0 Å². The second-order valence-corrected chi connectivity index (χ2v) is 11.1. The first kappa shape index (κ1) is 24.4. The number of hydrogen-bond acceptors (Lipinski definition) is 4. The van der Waals surface area contributed by atoms with Crippen molar-refractivity contribution in [3.63, 3.8) is 0 Å². The van der Waals surface area contributed by atoms with Crippen LogP contribution in [0.1, 0.15) is 38.5 Å². The van der Waals surface area contributed by atoms with E-state index in [0.717, 1.165) is 33.0 Å². The minimum atomic E-state index is -1.08. The molecule has 42 heavy (non-hydrogen) atoms. The number of carbonyl (C=O) groups excluding carboxylic acids is 2. The maximum atomic E-state index is 14.7. The standard InChI is InChI=1S/C36H24N2O4/c39-33-31-30-23-13-3-6-16-26(23)36(27-17-7-4-14-24(27)30,20-37-28-18-8-5-15-25(28)35(41)42)32(31)34(40)38(33)29-19-9-11-21-10-1-2-12-22(21)29/h1-20,30-32H,(H,41,42)/t30?,31-,32+,36?/m0/s1. The van der Waals surface area contributed by atoms with E-state index < -0.39 is 23.2 Å². The predicted molar refractivity (Wildman–Crippen MR) is 160 cm³/mol. The number of imide groups is 1. The maximum absolute atomic E-state index is 14.7. The summed E-state index contributed by atoms with van der Waals surface area (Å²) >= 11 is 0. The summed E-state index contributed by atoms with van der Waals surface area (Å²) in [5, 5.41) is 11.6. The van der Waals surface area contributed by atoms with E-state index in [1.54, 1.807) is 24.4 Å². The molecular weight excluding hydrogens is 524 g/mol. The third-order valence-corrected chi connectivity index (χ3v) is 9.23. The van der Waals surface area contributed by atoms with E-state index in [9.17, 15) is 19.5 Å². The van der Waals surface area contributed by atoms with Gasteiger partial charge in [-0.15, -0.1) is 0 Å². The summed E-state index contributed by atoms with van der Waals surface area (Å²) in [6.45, 7) is 0. The van der Waals surface area contributed by atoms with Crippen LogP contribution in [-0.2, 0) is 15.0 Å². The highest BCUT2D eigenvalue weighted by Gasteiger charge is 2.68. The molecule has 1 N–H and O–H groups in total. The molecule has 0 spiro atoms. The van der Waals surface area contributed by atoms with Crippen molar-refractivity contribution in [2.24, 2.45) is 16.8 Å². The van der Waals surface area contributed by atoms with Crippen molar-refractivity contribution < 1.29 is 19.5 Å². The number of aromatic carboxylic acids is 1. The molecular formula is C36H24N2O4. The van der Waals surface area contributed by atoms with Crippen molar-refractivity contribution in [3.8, 4) is 0 Å². The normalized spacial score (nSPS) is 23.7. The summed E-state index contributed by atoms with van der Waals surface area (Å²) in [5.41, 5.74) is 3.70. The minimum Gasteiger partial charge on any atom is -0.478 e. The van der Waals surface area contributed by atoms with Gasteiger partial charge in [-0.25, -0.2) is 9.69 Å².